The van der Waals surface area contributed by atoms with Gasteiger partial charge < -0.3 is 19.6 Å². The van der Waals surface area contributed by atoms with Gasteiger partial charge in [0.2, 0.25) is 5.91 Å². The fraction of sp³-hybridized carbons (Fsp3) is 0.552. The van der Waals surface area contributed by atoms with E-state index < -0.39 is 5.97 Å². The summed E-state index contributed by atoms with van der Waals surface area (Å²) in [5.74, 6) is -0.806. The van der Waals surface area contributed by atoms with Crippen molar-refractivity contribution >= 4 is 29.2 Å². The summed E-state index contributed by atoms with van der Waals surface area (Å²) in [7, 11) is 1.67. The zero-order chi connectivity index (χ0) is 27.3. The molecule has 0 spiro atoms. The highest BCUT2D eigenvalue weighted by Crippen LogP contribution is 2.38. The van der Waals surface area contributed by atoms with Crippen LogP contribution < -0.4 is 4.90 Å². The lowest BCUT2D eigenvalue weighted by Gasteiger charge is -2.40. The Morgan fingerprint density at radius 1 is 1.10 bits per heavy atom. The number of carbonyl (C=O) groups is 3. The van der Waals surface area contributed by atoms with E-state index >= 15 is 0 Å². The van der Waals surface area contributed by atoms with Crippen LogP contribution in [0.2, 0.25) is 0 Å². The Labute approximate surface area is 227 Å². The lowest BCUT2D eigenvalue weighted by atomic mass is 9.82. The molecule has 0 saturated carbocycles. The first-order valence-corrected chi connectivity index (χ1v) is 14.0. The van der Waals surface area contributed by atoms with Crippen LogP contribution in [0.25, 0.3) is 5.57 Å². The van der Waals surface area contributed by atoms with Gasteiger partial charge in [-0.25, -0.2) is 4.98 Å². The summed E-state index contributed by atoms with van der Waals surface area (Å²) >= 11 is 0. The summed E-state index contributed by atoms with van der Waals surface area (Å²) in [6.07, 6.45) is 8.29. The van der Waals surface area contributed by atoms with E-state index in [1.165, 1.54) is 4.68 Å². The number of aryl methyl sites for hydroxylation is 1. The zero-order valence-electron chi connectivity index (χ0n) is 22.6. The average molecular weight is 534 g/mol. The van der Waals surface area contributed by atoms with Crippen LogP contribution in [0.1, 0.15) is 65.0 Å². The number of pyridine rings is 1. The van der Waals surface area contributed by atoms with Crippen molar-refractivity contribution in [2.75, 3.05) is 38.2 Å². The van der Waals surface area contributed by atoms with E-state index in [2.05, 4.69) is 9.88 Å². The van der Waals surface area contributed by atoms with Gasteiger partial charge in [0.1, 0.15) is 5.82 Å². The SMILES string of the molecule is COC1CN(C(=O)[C@H]2CCc3c(C4=CCC(C(=O)O)CC4)nn(C(=O)c4c(C)ccnc4N4CCC4)c3C2)C1. The number of aliphatic carboxylic acids is 1. The Balaban J connectivity index is 1.37. The van der Waals surface area contributed by atoms with Gasteiger partial charge in [0.05, 0.1) is 29.0 Å². The lowest BCUT2D eigenvalue weighted by Crippen LogP contribution is -2.56. The highest BCUT2D eigenvalue weighted by Gasteiger charge is 2.39. The molecule has 1 unspecified atom stereocenters. The minimum Gasteiger partial charge on any atom is -0.481 e. The second-order valence-corrected chi connectivity index (χ2v) is 11.2. The van der Waals surface area contributed by atoms with Crippen molar-refractivity contribution in [1.82, 2.24) is 19.7 Å². The second-order valence-electron chi connectivity index (χ2n) is 11.2. The molecule has 1 amide bonds. The number of anilines is 1. The number of carbonyl (C=O) groups excluding carboxylic acids is 2. The number of allylic oxidation sites excluding steroid dienone is 2. The van der Waals surface area contributed by atoms with Gasteiger partial charge in [-0.3, -0.25) is 14.4 Å². The van der Waals surface area contributed by atoms with Gasteiger partial charge in [-0.05, 0) is 62.7 Å². The Hall–Kier alpha value is -3.53. The highest BCUT2D eigenvalue weighted by molar-refractivity contribution is 6.02. The summed E-state index contributed by atoms with van der Waals surface area (Å²) in [5, 5.41) is 14.4. The number of ether oxygens (including phenoxy) is 1. The Bertz CT molecular complexity index is 1350. The molecule has 206 valence electrons. The van der Waals surface area contributed by atoms with Crippen molar-refractivity contribution in [3.63, 3.8) is 0 Å². The van der Waals surface area contributed by atoms with Crippen molar-refractivity contribution in [3.05, 3.63) is 46.4 Å². The number of fused-ring (bicyclic) bond motifs is 1. The first-order chi connectivity index (χ1) is 18.9. The normalized spacial score (nSPS) is 23.0. The van der Waals surface area contributed by atoms with E-state index in [0.29, 0.717) is 63.0 Å². The first kappa shape index (κ1) is 25.7. The zero-order valence-corrected chi connectivity index (χ0v) is 22.6. The van der Waals surface area contributed by atoms with Gasteiger partial charge in [0.15, 0.2) is 0 Å². The summed E-state index contributed by atoms with van der Waals surface area (Å²) < 4.78 is 6.88. The predicted octanol–water partition coefficient (Wildman–Crippen LogP) is 2.72. The molecule has 4 heterocycles. The van der Waals surface area contributed by atoms with E-state index in [9.17, 15) is 19.5 Å². The fourth-order valence-corrected chi connectivity index (χ4v) is 6.23. The van der Waals surface area contributed by atoms with E-state index in [4.69, 9.17) is 9.84 Å². The van der Waals surface area contributed by atoms with Crippen molar-refractivity contribution in [3.8, 4) is 0 Å². The molecule has 2 fully saturated rings. The van der Waals surface area contributed by atoms with Crippen molar-refractivity contribution in [2.45, 2.75) is 58.0 Å². The number of likely N-dealkylation sites (tertiary alicyclic amines) is 1. The maximum Gasteiger partial charge on any atom is 0.306 e. The predicted molar refractivity (Wildman–Crippen MR) is 144 cm³/mol. The van der Waals surface area contributed by atoms with Crippen LogP contribution in [0, 0.1) is 18.8 Å². The molecule has 1 N–H and O–H groups in total. The third kappa shape index (κ3) is 4.54. The number of aromatic nitrogens is 3. The third-order valence-electron chi connectivity index (χ3n) is 8.88. The first-order valence-electron chi connectivity index (χ1n) is 14.0. The largest absolute Gasteiger partial charge is 0.481 e. The molecule has 2 saturated heterocycles. The number of rotatable bonds is 6. The number of carboxylic acid groups (broad SMARTS) is 1. The van der Waals surface area contributed by atoms with Gasteiger partial charge in [-0.2, -0.15) is 9.78 Å². The van der Waals surface area contributed by atoms with Crippen molar-refractivity contribution in [2.24, 2.45) is 11.8 Å². The summed E-state index contributed by atoms with van der Waals surface area (Å²) in [6.45, 7) is 4.87. The van der Waals surface area contributed by atoms with Crippen LogP contribution in [-0.2, 0) is 27.2 Å². The minimum absolute atomic E-state index is 0.0909. The fourth-order valence-electron chi connectivity index (χ4n) is 6.23. The molecule has 10 nitrogen and oxygen atoms in total. The number of hydrogen-bond donors (Lipinski definition) is 1. The minimum atomic E-state index is -0.776. The van der Waals surface area contributed by atoms with Crippen LogP contribution in [0.15, 0.2) is 18.3 Å². The Morgan fingerprint density at radius 3 is 2.51 bits per heavy atom. The Kier molecular flexibility index (Phi) is 6.74. The van der Waals surface area contributed by atoms with Crippen molar-refractivity contribution in [1.29, 1.82) is 0 Å². The van der Waals surface area contributed by atoms with Gasteiger partial charge >= 0.3 is 5.97 Å². The smallest absolute Gasteiger partial charge is 0.306 e. The number of nitrogens with zero attached hydrogens (tertiary/aromatic N) is 5. The van der Waals surface area contributed by atoms with E-state index in [-0.39, 0.29) is 29.8 Å². The molecule has 0 radical (unpaired) electrons. The average Bonchev–Trinajstić information content (AvgIpc) is 3.26. The molecule has 0 bridgehead atoms. The van der Waals surface area contributed by atoms with Crippen LogP contribution >= 0.6 is 0 Å². The van der Waals surface area contributed by atoms with Crippen LogP contribution in [0.3, 0.4) is 0 Å². The van der Waals surface area contributed by atoms with E-state index in [1.54, 1.807) is 13.3 Å². The summed E-state index contributed by atoms with van der Waals surface area (Å²) in [6, 6.07) is 1.85. The van der Waals surface area contributed by atoms with Crippen LogP contribution in [0.4, 0.5) is 5.82 Å². The monoisotopic (exact) mass is 533 g/mol. The van der Waals surface area contributed by atoms with Crippen molar-refractivity contribution < 1.29 is 24.2 Å². The molecule has 2 atom stereocenters. The lowest BCUT2D eigenvalue weighted by molar-refractivity contribution is -0.147. The number of carboxylic acids is 1. The topological polar surface area (TPSA) is 118 Å². The molecule has 2 aliphatic heterocycles. The number of methoxy groups -OCH3 is 1. The van der Waals surface area contributed by atoms with E-state index in [0.717, 1.165) is 47.6 Å². The number of amides is 1. The molecular formula is C29H35N5O5. The van der Waals surface area contributed by atoms with Crippen LogP contribution in [-0.4, -0.2) is 81.9 Å². The summed E-state index contributed by atoms with van der Waals surface area (Å²) in [5.41, 5.74) is 4.98. The molecule has 6 rings (SSSR count). The third-order valence-corrected chi connectivity index (χ3v) is 8.88. The highest BCUT2D eigenvalue weighted by atomic mass is 16.5. The second kappa shape index (κ2) is 10.2. The van der Waals surface area contributed by atoms with Gasteiger partial charge in [-0.1, -0.05) is 6.08 Å². The van der Waals surface area contributed by atoms with Gasteiger partial charge in [0.25, 0.3) is 5.91 Å². The molecule has 10 heteroatoms. The quantitative estimate of drug-likeness (QED) is 0.602. The maximum absolute atomic E-state index is 14.2. The summed E-state index contributed by atoms with van der Waals surface area (Å²) in [4.78, 5) is 47.6. The number of hydrogen-bond acceptors (Lipinski definition) is 7. The molecule has 4 aliphatic rings. The van der Waals surface area contributed by atoms with Gasteiger partial charge in [0, 0.05) is 57.4 Å². The maximum atomic E-state index is 14.2. The molecular weight excluding hydrogens is 498 g/mol. The molecule has 0 aromatic carbocycles. The molecule has 2 aromatic heterocycles. The molecule has 2 aliphatic carbocycles. The Morgan fingerprint density at radius 2 is 1.87 bits per heavy atom. The van der Waals surface area contributed by atoms with Gasteiger partial charge in [-0.15, -0.1) is 0 Å². The molecule has 39 heavy (non-hydrogen) atoms. The van der Waals surface area contributed by atoms with Crippen LogP contribution in [0.5, 0.6) is 0 Å². The molecule has 2 aromatic rings. The standard InChI is InChI=1S/C29H35N5O5/c1-17-10-11-30-26(32-12-3-13-32)24(17)28(36)34-23-14-20(27(35)33-15-21(16-33)39-2)8-9-22(23)25(31-34)18-4-6-19(7-5-18)29(37)38/h4,10-11,19-21H,3,5-9,12-16H2,1-2H3,(H,37,38)/t19?,20-/m0/s1. The van der Waals surface area contributed by atoms with E-state index in [1.807, 2.05) is 24.0 Å².